The van der Waals surface area contributed by atoms with E-state index in [-0.39, 0.29) is 24.9 Å². The normalized spacial score (nSPS) is 12.4. The summed E-state index contributed by atoms with van der Waals surface area (Å²) < 4.78 is 38.5. The lowest BCUT2D eigenvalue weighted by atomic mass is 9.97. The molecule has 0 aromatic heterocycles. The Labute approximate surface area is 173 Å². The summed E-state index contributed by atoms with van der Waals surface area (Å²) in [7, 11) is -3.53. The maximum Gasteiger partial charge on any atom is 0.232 e. The standard InChI is InChI=1S/C22H29FN2O3S/c1-5-21(20-13-8-16(2)15-17(20)3)24-22(26)7-6-14-25(29(4,27)28)19-11-9-18(23)10-12-19/h8-13,15,21H,5-7,14H2,1-4H3,(H,24,26). The van der Waals surface area contributed by atoms with E-state index < -0.39 is 15.8 Å². The fraction of sp³-hybridized carbons (Fsp3) is 0.409. The number of nitrogens with zero attached hydrogens (tertiary/aromatic N) is 1. The average molecular weight is 421 g/mol. The summed E-state index contributed by atoms with van der Waals surface area (Å²) in [5.74, 6) is -0.553. The van der Waals surface area contributed by atoms with Gasteiger partial charge in [0.2, 0.25) is 15.9 Å². The summed E-state index contributed by atoms with van der Waals surface area (Å²) in [4.78, 5) is 12.4. The van der Waals surface area contributed by atoms with Gasteiger partial charge < -0.3 is 5.32 Å². The molecule has 158 valence electrons. The molecule has 1 N–H and O–H groups in total. The molecule has 1 amide bonds. The molecular formula is C22H29FN2O3S. The monoisotopic (exact) mass is 420 g/mol. The molecule has 0 saturated carbocycles. The summed E-state index contributed by atoms with van der Waals surface area (Å²) in [5, 5.41) is 3.05. The van der Waals surface area contributed by atoms with Crippen LogP contribution in [0.5, 0.6) is 0 Å². The first kappa shape index (κ1) is 22.9. The first-order chi connectivity index (χ1) is 13.6. The third kappa shape index (κ3) is 6.56. The van der Waals surface area contributed by atoms with Crippen molar-refractivity contribution in [3.05, 3.63) is 65.0 Å². The number of anilines is 1. The van der Waals surface area contributed by atoms with Crippen LogP contribution >= 0.6 is 0 Å². The van der Waals surface area contributed by atoms with Gasteiger partial charge >= 0.3 is 0 Å². The van der Waals surface area contributed by atoms with E-state index in [4.69, 9.17) is 0 Å². The van der Waals surface area contributed by atoms with Crippen LogP contribution in [0.3, 0.4) is 0 Å². The Morgan fingerprint density at radius 1 is 1.14 bits per heavy atom. The Hall–Kier alpha value is -2.41. The molecule has 1 atom stereocenters. The minimum absolute atomic E-state index is 0.0776. The minimum Gasteiger partial charge on any atom is -0.349 e. The quantitative estimate of drug-likeness (QED) is 0.659. The zero-order chi connectivity index (χ0) is 21.6. The molecule has 0 heterocycles. The molecule has 0 aliphatic rings. The van der Waals surface area contributed by atoms with E-state index in [1.807, 2.05) is 32.9 Å². The fourth-order valence-corrected chi connectivity index (χ4v) is 4.33. The first-order valence-electron chi connectivity index (χ1n) is 9.71. The lowest BCUT2D eigenvalue weighted by Gasteiger charge is -2.23. The van der Waals surface area contributed by atoms with Crippen LogP contribution in [-0.2, 0) is 14.8 Å². The largest absolute Gasteiger partial charge is 0.349 e. The topological polar surface area (TPSA) is 66.5 Å². The molecule has 0 spiro atoms. The predicted octanol–water partition coefficient (Wildman–Crippen LogP) is 4.26. The Morgan fingerprint density at radius 3 is 2.34 bits per heavy atom. The molecule has 0 aliphatic heterocycles. The Balaban J connectivity index is 1.98. The molecule has 0 saturated heterocycles. The highest BCUT2D eigenvalue weighted by Crippen LogP contribution is 2.22. The van der Waals surface area contributed by atoms with Gasteiger partial charge in [-0.15, -0.1) is 0 Å². The van der Waals surface area contributed by atoms with E-state index in [1.54, 1.807) is 0 Å². The molecule has 7 heteroatoms. The van der Waals surface area contributed by atoms with Crippen LogP contribution in [0.25, 0.3) is 0 Å². The van der Waals surface area contributed by atoms with Crippen LogP contribution in [0.2, 0.25) is 0 Å². The lowest BCUT2D eigenvalue weighted by Crippen LogP contribution is -2.33. The SMILES string of the molecule is CCC(NC(=O)CCCN(c1ccc(F)cc1)S(C)(=O)=O)c1ccc(C)cc1C. The lowest BCUT2D eigenvalue weighted by molar-refractivity contribution is -0.121. The van der Waals surface area contributed by atoms with Crippen molar-refractivity contribution in [1.82, 2.24) is 5.32 Å². The van der Waals surface area contributed by atoms with Crippen molar-refractivity contribution in [3.8, 4) is 0 Å². The number of hydrogen-bond donors (Lipinski definition) is 1. The second-order valence-corrected chi connectivity index (χ2v) is 9.21. The van der Waals surface area contributed by atoms with Crippen molar-refractivity contribution in [1.29, 1.82) is 0 Å². The number of halogens is 1. The van der Waals surface area contributed by atoms with E-state index in [0.717, 1.165) is 23.8 Å². The molecule has 0 fully saturated rings. The number of hydrogen-bond acceptors (Lipinski definition) is 3. The summed E-state index contributed by atoms with van der Waals surface area (Å²) in [6.07, 6.45) is 2.43. The van der Waals surface area contributed by atoms with Crippen molar-refractivity contribution in [2.24, 2.45) is 0 Å². The third-order valence-corrected chi connectivity index (χ3v) is 6.02. The number of carbonyl (C=O) groups excluding carboxylic acids is 1. The first-order valence-corrected chi connectivity index (χ1v) is 11.6. The highest BCUT2D eigenvalue weighted by Gasteiger charge is 2.19. The summed E-state index contributed by atoms with van der Waals surface area (Å²) in [6.45, 7) is 6.23. The molecule has 0 radical (unpaired) electrons. The number of rotatable bonds is 9. The second kappa shape index (κ2) is 9.87. The number of nitrogens with one attached hydrogen (secondary N) is 1. The van der Waals surface area contributed by atoms with E-state index in [2.05, 4.69) is 11.4 Å². The van der Waals surface area contributed by atoms with Crippen LogP contribution < -0.4 is 9.62 Å². The Morgan fingerprint density at radius 2 is 1.79 bits per heavy atom. The molecule has 29 heavy (non-hydrogen) atoms. The zero-order valence-corrected chi connectivity index (χ0v) is 18.2. The number of carbonyl (C=O) groups is 1. The van der Waals surface area contributed by atoms with Gasteiger partial charge in [0.25, 0.3) is 0 Å². The van der Waals surface area contributed by atoms with Crippen LogP contribution in [0.1, 0.15) is 48.9 Å². The van der Waals surface area contributed by atoms with Gasteiger partial charge in [-0.25, -0.2) is 12.8 Å². The van der Waals surface area contributed by atoms with Gasteiger partial charge in [0.1, 0.15) is 5.82 Å². The highest BCUT2D eigenvalue weighted by atomic mass is 32.2. The van der Waals surface area contributed by atoms with Gasteiger partial charge in [0, 0.05) is 13.0 Å². The number of sulfonamides is 1. The molecule has 2 aromatic rings. The van der Waals surface area contributed by atoms with Crippen LogP contribution in [0.15, 0.2) is 42.5 Å². The second-order valence-electron chi connectivity index (χ2n) is 7.30. The molecule has 0 bridgehead atoms. The van der Waals surface area contributed by atoms with Gasteiger partial charge in [-0.05, 0) is 62.1 Å². The molecular weight excluding hydrogens is 391 g/mol. The average Bonchev–Trinajstić information content (AvgIpc) is 2.64. The Kier molecular flexibility index (Phi) is 7.79. The van der Waals surface area contributed by atoms with Crippen LogP contribution in [0.4, 0.5) is 10.1 Å². The molecule has 0 aliphatic carbocycles. The van der Waals surface area contributed by atoms with E-state index in [1.165, 1.54) is 34.1 Å². The van der Waals surface area contributed by atoms with Crippen LogP contribution in [0, 0.1) is 19.7 Å². The van der Waals surface area contributed by atoms with Gasteiger partial charge in [-0.1, -0.05) is 30.7 Å². The van der Waals surface area contributed by atoms with Crippen molar-refractivity contribution < 1.29 is 17.6 Å². The molecule has 2 aromatic carbocycles. The molecule has 5 nitrogen and oxygen atoms in total. The Bertz CT molecular complexity index is 943. The molecule has 2 rings (SSSR count). The molecule has 1 unspecified atom stereocenters. The van der Waals surface area contributed by atoms with Gasteiger partial charge in [0.05, 0.1) is 18.0 Å². The maximum absolute atomic E-state index is 13.1. The summed E-state index contributed by atoms with van der Waals surface area (Å²) in [6, 6.07) is 11.4. The van der Waals surface area contributed by atoms with Crippen molar-refractivity contribution in [3.63, 3.8) is 0 Å². The van der Waals surface area contributed by atoms with E-state index >= 15 is 0 Å². The number of amides is 1. The van der Waals surface area contributed by atoms with E-state index in [0.29, 0.717) is 12.1 Å². The minimum atomic E-state index is -3.53. The summed E-state index contributed by atoms with van der Waals surface area (Å²) >= 11 is 0. The number of benzene rings is 2. The number of aryl methyl sites for hydroxylation is 2. The third-order valence-electron chi connectivity index (χ3n) is 4.82. The fourth-order valence-electron chi connectivity index (χ4n) is 3.36. The van der Waals surface area contributed by atoms with E-state index in [9.17, 15) is 17.6 Å². The van der Waals surface area contributed by atoms with Crippen molar-refractivity contribution in [2.75, 3.05) is 17.1 Å². The van der Waals surface area contributed by atoms with Gasteiger partial charge in [-0.2, -0.15) is 0 Å². The van der Waals surface area contributed by atoms with Gasteiger partial charge in [0.15, 0.2) is 0 Å². The highest BCUT2D eigenvalue weighted by molar-refractivity contribution is 7.92. The van der Waals surface area contributed by atoms with Crippen LogP contribution in [-0.4, -0.2) is 27.1 Å². The smallest absolute Gasteiger partial charge is 0.232 e. The predicted molar refractivity (Wildman–Crippen MR) is 115 cm³/mol. The van der Waals surface area contributed by atoms with Gasteiger partial charge in [-0.3, -0.25) is 9.10 Å². The van der Waals surface area contributed by atoms with Crippen molar-refractivity contribution in [2.45, 2.75) is 46.1 Å². The van der Waals surface area contributed by atoms with Crippen molar-refractivity contribution >= 4 is 21.6 Å². The zero-order valence-electron chi connectivity index (χ0n) is 17.4. The summed E-state index contributed by atoms with van der Waals surface area (Å²) in [5.41, 5.74) is 3.79. The maximum atomic E-state index is 13.1.